The largest absolute Gasteiger partial charge is 0.488 e. The van der Waals surface area contributed by atoms with Gasteiger partial charge in [-0.05, 0) is 24.6 Å². The van der Waals surface area contributed by atoms with Gasteiger partial charge in [0.05, 0.1) is 23.3 Å². The van der Waals surface area contributed by atoms with E-state index in [1.807, 2.05) is 19.1 Å². The van der Waals surface area contributed by atoms with Crippen molar-refractivity contribution in [2.24, 2.45) is 0 Å². The molecule has 1 fully saturated rings. The van der Waals surface area contributed by atoms with Gasteiger partial charge in [0, 0.05) is 0 Å². The molecule has 1 heterocycles. The molecule has 4 nitrogen and oxygen atoms in total. The highest BCUT2D eigenvalue weighted by Gasteiger charge is 2.14. The minimum Gasteiger partial charge on any atom is -0.488 e. The van der Waals surface area contributed by atoms with Gasteiger partial charge in [0.15, 0.2) is 5.75 Å². The Hall–Kier alpha value is -0.520. The fourth-order valence-electron chi connectivity index (χ4n) is 2.48. The van der Waals surface area contributed by atoms with E-state index in [-0.39, 0.29) is 0 Å². The van der Waals surface area contributed by atoms with E-state index >= 15 is 0 Å². The lowest BCUT2D eigenvalue weighted by Crippen LogP contribution is -3.20. The molecule has 1 saturated heterocycles. The van der Waals surface area contributed by atoms with Crippen LogP contribution in [0.5, 0.6) is 5.75 Å². The predicted molar refractivity (Wildman–Crippen MR) is 84.7 cm³/mol. The van der Waals surface area contributed by atoms with Crippen LogP contribution < -0.4 is 15.0 Å². The van der Waals surface area contributed by atoms with Gasteiger partial charge in [0.2, 0.25) is 0 Å². The van der Waals surface area contributed by atoms with Gasteiger partial charge in [-0.15, -0.1) is 0 Å². The quantitative estimate of drug-likeness (QED) is 0.697. The second-order valence-corrected chi connectivity index (χ2v) is 6.20. The third kappa shape index (κ3) is 5.64. The first kappa shape index (κ1) is 16.8. The van der Waals surface area contributed by atoms with E-state index in [1.54, 1.807) is 4.90 Å². The smallest absolute Gasteiger partial charge is 0.156 e. The monoisotopic (exact) mass is 334 g/mol. The lowest BCUT2D eigenvalue weighted by atomic mass is 10.2. The first-order chi connectivity index (χ1) is 10.2. The highest BCUT2D eigenvalue weighted by molar-refractivity contribution is 6.37. The number of nitrogens with one attached hydrogen (secondary N) is 1. The van der Waals surface area contributed by atoms with Gasteiger partial charge >= 0.3 is 0 Å². The van der Waals surface area contributed by atoms with Gasteiger partial charge in [-0.3, -0.25) is 0 Å². The lowest BCUT2D eigenvalue weighted by molar-refractivity contribution is -0.947. The Morgan fingerprint density at radius 1 is 1.10 bits per heavy atom. The molecule has 0 aliphatic carbocycles. The molecule has 0 radical (unpaired) electrons. The molecule has 0 amide bonds. The molecule has 1 aromatic rings. The SMILES string of the molecule is Cc1cc(Cl)c(OCCOCC[NH+]2CC[NH2+]CC2)c(Cl)c1. The number of hydrogen-bond donors (Lipinski definition) is 2. The van der Waals surface area contributed by atoms with Crippen molar-refractivity contribution in [3.05, 3.63) is 27.7 Å². The molecule has 6 heteroatoms. The van der Waals surface area contributed by atoms with E-state index in [0.717, 1.165) is 18.7 Å². The van der Waals surface area contributed by atoms with Gasteiger partial charge in [-0.25, -0.2) is 0 Å². The number of aryl methyl sites for hydroxylation is 1. The van der Waals surface area contributed by atoms with Crippen LogP contribution in [0.2, 0.25) is 10.0 Å². The minimum atomic E-state index is 0.464. The number of hydrogen-bond acceptors (Lipinski definition) is 2. The number of ether oxygens (including phenoxy) is 2. The van der Waals surface area contributed by atoms with Crippen LogP contribution in [0, 0.1) is 6.92 Å². The van der Waals surface area contributed by atoms with Crippen LogP contribution in [0.3, 0.4) is 0 Å². The zero-order valence-electron chi connectivity index (χ0n) is 12.5. The zero-order chi connectivity index (χ0) is 15.1. The van der Waals surface area contributed by atoms with E-state index in [9.17, 15) is 0 Å². The van der Waals surface area contributed by atoms with Crippen molar-refractivity contribution >= 4 is 23.2 Å². The highest BCUT2D eigenvalue weighted by Crippen LogP contribution is 2.33. The van der Waals surface area contributed by atoms with Crippen molar-refractivity contribution in [3.63, 3.8) is 0 Å². The fraction of sp³-hybridized carbons (Fsp3) is 0.600. The van der Waals surface area contributed by atoms with Gasteiger partial charge in [-0.1, -0.05) is 23.2 Å². The number of benzene rings is 1. The molecular weight excluding hydrogens is 311 g/mol. The number of quaternary nitrogens is 2. The third-order valence-electron chi connectivity index (χ3n) is 3.62. The van der Waals surface area contributed by atoms with Crippen molar-refractivity contribution in [1.82, 2.24) is 0 Å². The van der Waals surface area contributed by atoms with E-state index in [1.165, 1.54) is 26.2 Å². The summed E-state index contributed by atoms with van der Waals surface area (Å²) < 4.78 is 11.2. The van der Waals surface area contributed by atoms with Crippen LogP contribution in [0.15, 0.2) is 12.1 Å². The molecule has 0 unspecified atom stereocenters. The van der Waals surface area contributed by atoms with Gasteiger partial charge < -0.3 is 19.7 Å². The van der Waals surface area contributed by atoms with Crippen LogP contribution >= 0.6 is 23.2 Å². The summed E-state index contributed by atoms with van der Waals surface area (Å²) in [6.45, 7) is 9.72. The summed E-state index contributed by atoms with van der Waals surface area (Å²) in [7, 11) is 0. The summed E-state index contributed by atoms with van der Waals surface area (Å²) in [4.78, 5) is 1.63. The van der Waals surface area contributed by atoms with Gasteiger partial charge in [0.25, 0.3) is 0 Å². The minimum absolute atomic E-state index is 0.464. The summed E-state index contributed by atoms with van der Waals surface area (Å²) in [6.07, 6.45) is 0. The Balaban J connectivity index is 1.61. The number of piperazine rings is 1. The van der Waals surface area contributed by atoms with E-state index < -0.39 is 0 Å². The van der Waals surface area contributed by atoms with Crippen molar-refractivity contribution in [1.29, 1.82) is 0 Å². The molecule has 1 aromatic carbocycles. The molecule has 0 aromatic heterocycles. The maximum absolute atomic E-state index is 6.12. The lowest BCUT2D eigenvalue weighted by Gasteiger charge is -2.21. The van der Waals surface area contributed by atoms with Crippen LogP contribution in [-0.4, -0.2) is 52.5 Å². The van der Waals surface area contributed by atoms with Gasteiger partial charge in [0.1, 0.15) is 39.3 Å². The summed E-state index contributed by atoms with van der Waals surface area (Å²) in [5, 5.41) is 3.47. The van der Waals surface area contributed by atoms with Crippen LogP contribution in [0.25, 0.3) is 0 Å². The van der Waals surface area contributed by atoms with E-state index in [0.29, 0.717) is 29.0 Å². The molecule has 0 atom stereocenters. The van der Waals surface area contributed by atoms with Crippen molar-refractivity contribution in [2.45, 2.75) is 6.92 Å². The number of halogens is 2. The molecule has 1 aliphatic heterocycles. The number of rotatable bonds is 7. The Labute approximate surface area is 136 Å². The molecule has 0 saturated carbocycles. The first-order valence-electron chi connectivity index (χ1n) is 7.48. The average Bonchev–Trinajstić information content (AvgIpc) is 2.45. The molecule has 1 aliphatic rings. The molecule has 21 heavy (non-hydrogen) atoms. The van der Waals surface area contributed by atoms with E-state index in [2.05, 4.69) is 5.32 Å². The Kier molecular flexibility index (Phi) is 7.07. The third-order valence-corrected chi connectivity index (χ3v) is 4.18. The zero-order valence-corrected chi connectivity index (χ0v) is 14.0. The summed E-state index contributed by atoms with van der Waals surface area (Å²) in [5.74, 6) is 0.546. The predicted octanol–water partition coefficient (Wildman–Crippen LogP) is 0.159. The molecule has 2 rings (SSSR count). The Morgan fingerprint density at radius 2 is 1.76 bits per heavy atom. The number of nitrogens with two attached hydrogens (primary N) is 1. The van der Waals surface area contributed by atoms with Crippen LogP contribution in [0.4, 0.5) is 0 Å². The second-order valence-electron chi connectivity index (χ2n) is 5.38. The molecule has 0 bridgehead atoms. The first-order valence-corrected chi connectivity index (χ1v) is 8.24. The molecule has 3 N–H and O–H groups in total. The second kappa shape index (κ2) is 8.81. The van der Waals surface area contributed by atoms with Crippen molar-refractivity contribution in [3.8, 4) is 5.75 Å². The normalized spacial score (nSPS) is 16.1. The van der Waals surface area contributed by atoms with Crippen molar-refractivity contribution in [2.75, 3.05) is 52.5 Å². The molecule has 118 valence electrons. The topological polar surface area (TPSA) is 39.5 Å². The standard InChI is InChI=1S/C15H22Cl2N2O2/c1-12-10-13(16)15(14(17)11-12)21-9-8-20-7-6-19-4-2-18-3-5-19/h10-11,18H,2-9H2,1H3/p+2. The Morgan fingerprint density at radius 3 is 2.43 bits per heavy atom. The average molecular weight is 335 g/mol. The van der Waals surface area contributed by atoms with Crippen LogP contribution in [0.1, 0.15) is 5.56 Å². The van der Waals surface area contributed by atoms with Crippen molar-refractivity contribution < 1.29 is 19.7 Å². The van der Waals surface area contributed by atoms with Gasteiger partial charge in [-0.2, -0.15) is 0 Å². The Bertz CT molecular complexity index is 428. The van der Waals surface area contributed by atoms with Crippen LogP contribution in [-0.2, 0) is 4.74 Å². The summed E-state index contributed by atoms with van der Waals surface area (Å²) in [6, 6.07) is 3.70. The summed E-state index contributed by atoms with van der Waals surface area (Å²) >= 11 is 12.2. The highest BCUT2D eigenvalue weighted by atomic mass is 35.5. The maximum Gasteiger partial charge on any atom is 0.156 e. The summed E-state index contributed by atoms with van der Waals surface area (Å²) in [5.41, 5.74) is 1.02. The molecular formula is C15H24Cl2N2O2+2. The maximum atomic E-state index is 6.12. The molecule has 0 spiro atoms. The fourth-order valence-corrected chi connectivity index (χ4v) is 3.18. The van der Waals surface area contributed by atoms with E-state index in [4.69, 9.17) is 32.7 Å².